The number of ether oxygens (including phenoxy) is 1. The Hall–Kier alpha value is -2.20. The number of rotatable bonds is 7. The van der Waals surface area contributed by atoms with E-state index < -0.39 is 0 Å². The normalized spacial score (nSPS) is 11.7. The largest absolute Gasteiger partial charge is 0.491 e. The van der Waals surface area contributed by atoms with Crippen LogP contribution in [0.4, 0.5) is 11.4 Å². The summed E-state index contributed by atoms with van der Waals surface area (Å²) in [7, 11) is 0. The van der Waals surface area contributed by atoms with Gasteiger partial charge in [-0.05, 0) is 62.2 Å². The molecule has 0 aliphatic heterocycles. The first kappa shape index (κ1) is 18.1. The van der Waals surface area contributed by atoms with E-state index in [9.17, 15) is 4.79 Å². The molecule has 0 radical (unpaired) electrons. The number of halogens is 1. The highest BCUT2D eigenvalue weighted by molar-refractivity contribution is 6.31. The van der Waals surface area contributed by atoms with Gasteiger partial charge in [-0.2, -0.15) is 0 Å². The average Bonchev–Trinajstić information content (AvgIpc) is 2.57. The summed E-state index contributed by atoms with van der Waals surface area (Å²) in [4.78, 5) is 12.0. The number of amides is 1. The van der Waals surface area contributed by atoms with Crippen molar-refractivity contribution in [3.05, 3.63) is 53.1 Å². The van der Waals surface area contributed by atoms with E-state index in [-0.39, 0.29) is 18.6 Å². The van der Waals surface area contributed by atoms with Crippen molar-refractivity contribution >= 4 is 28.9 Å². The number of nitrogens with one attached hydrogen (secondary N) is 2. The summed E-state index contributed by atoms with van der Waals surface area (Å²) in [6, 6.07) is 13.0. The molecule has 2 aromatic rings. The van der Waals surface area contributed by atoms with Crippen molar-refractivity contribution in [2.45, 2.75) is 33.3 Å². The van der Waals surface area contributed by atoms with Crippen LogP contribution in [0, 0.1) is 6.92 Å². The molecular weight excluding hydrogens is 324 g/mol. The summed E-state index contributed by atoms with van der Waals surface area (Å²) in [6.07, 6.45) is 1.13. The van der Waals surface area contributed by atoms with Crippen molar-refractivity contribution in [1.82, 2.24) is 0 Å². The van der Waals surface area contributed by atoms with Gasteiger partial charge in [-0.15, -0.1) is 0 Å². The molecule has 0 bridgehead atoms. The molecule has 0 aromatic heterocycles. The molecule has 0 fully saturated rings. The highest BCUT2D eigenvalue weighted by atomic mass is 35.5. The molecule has 0 aliphatic rings. The second-order valence-electron chi connectivity index (χ2n) is 5.73. The van der Waals surface area contributed by atoms with Gasteiger partial charge in [0, 0.05) is 16.4 Å². The number of carbonyl (C=O) groups is 1. The summed E-state index contributed by atoms with van der Waals surface area (Å²) >= 11 is 6.07. The fourth-order valence-corrected chi connectivity index (χ4v) is 2.20. The van der Waals surface area contributed by atoms with E-state index in [0.29, 0.717) is 5.02 Å². The van der Waals surface area contributed by atoms with Gasteiger partial charge in [-0.3, -0.25) is 4.79 Å². The third kappa shape index (κ3) is 5.46. The Kier molecular flexibility index (Phi) is 6.50. The molecule has 1 amide bonds. The summed E-state index contributed by atoms with van der Waals surface area (Å²) in [5.41, 5.74) is 2.56. The second-order valence-corrected chi connectivity index (χ2v) is 6.13. The minimum absolute atomic E-state index is 0.123. The maximum atomic E-state index is 12.0. The van der Waals surface area contributed by atoms with Crippen LogP contribution in [-0.4, -0.2) is 18.6 Å². The molecule has 0 aliphatic carbocycles. The van der Waals surface area contributed by atoms with E-state index in [4.69, 9.17) is 16.3 Å². The van der Waals surface area contributed by atoms with Crippen LogP contribution in [0.2, 0.25) is 5.02 Å². The van der Waals surface area contributed by atoms with E-state index in [1.807, 2.05) is 56.3 Å². The number of carbonyl (C=O) groups excluding carboxylic acids is 1. The molecule has 128 valence electrons. The van der Waals surface area contributed by atoms with Crippen LogP contribution in [0.3, 0.4) is 0 Å². The standard InChI is InChI=1S/C19H23ClN2O2/c1-4-14(3)24-17-9-7-15(8-10-17)22-19(23)12-21-16-6-5-13(2)18(20)11-16/h5-11,14,21H,4,12H2,1-3H3,(H,22,23). The lowest BCUT2D eigenvalue weighted by Crippen LogP contribution is -2.21. The molecule has 5 heteroatoms. The topological polar surface area (TPSA) is 50.4 Å². The van der Waals surface area contributed by atoms with Crippen LogP contribution in [0.1, 0.15) is 25.8 Å². The van der Waals surface area contributed by atoms with Crippen molar-refractivity contribution in [3.8, 4) is 5.75 Å². The summed E-state index contributed by atoms with van der Waals surface area (Å²) < 4.78 is 5.71. The Balaban J connectivity index is 1.84. The van der Waals surface area contributed by atoms with Crippen molar-refractivity contribution in [3.63, 3.8) is 0 Å². The van der Waals surface area contributed by atoms with Gasteiger partial charge in [0.25, 0.3) is 0 Å². The predicted octanol–water partition coefficient (Wildman–Crippen LogP) is 4.88. The van der Waals surface area contributed by atoms with Gasteiger partial charge < -0.3 is 15.4 Å². The molecular formula is C19H23ClN2O2. The molecule has 0 spiro atoms. The molecule has 0 saturated carbocycles. The van der Waals surface area contributed by atoms with Crippen molar-refractivity contribution in [2.24, 2.45) is 0 Å². The molecule has 2 N–H and O–H groups in total. The van der Waals surface area contributed by atoms with Gasteiger partial charge in [0.1, 0.15) is 5.75 Å². The average molecular weight is 347 g/mol. The quantitative estimate of drug-likeness (QED) is 0.751. The molecule has 24 heavy (non-hydrogen) atoms. The fourth-order valence-electron chi connectivity index (χ4n) is 2.02. The molecule has 1 unspecified atom stereocenters. The molecule has 0 heterocycles. The fraction of sp³-hybridized carbons (Fsp3) is 0.316. The molecule has 2 rings (SSSR count). The van der Waals surface area contributed by atoms with Crippen LogP contribution in [0.5, 0.6) is 5.75 Å². The first-order valence-electron chi connectivity index (χ1n) is 8.04. The third-order valence-corrected chi connectivity index (χ3v) is 4.08. The predicted molar refractivity (Wildman–Crippen MR) is 100 cm³/mol. The lowest BCUT2D eigenvalue weighted by atomic mass is 10.2. The van der Waals surface area contributed by atoms with Gasteiger partial charge in [0.15, 0.2) is 0 Å². The van der Waals surface area contributed by atoms with Gasteiger partial charge in [0.05, 0.1) is 12.6 Å². The van der Waals surface area contributed by atoms with E-state index in [1.54, 1.807) is 0 Å². The Morgan fingerprint density at radius 3 is 2.46 bits per heavy atom. The van der Waals surface area contributed by atoms with E-state index >= 15 is 0 Å². The van der Waals surface area contributed by atoms with Crippen molar-refractivity contribution < 1.29 is 9.53 Å². The minimum atomic E-state index is -0.123. The first-order chi connectivity index (χ1) is 11.5. The van der Waals surface area contributed by atoms with E-state index in [1.165, 1.54) is 0 Å². The minimum Gasteiger partial charge on any atom is -0.491 e. The number of hydrogen-bond donors (Lipinski definition) is 2. The SMILES string of the molecule is CCC(C)Oc1ccc(NC(=O)CNc2ccc(C)c(Cl)c2)cc1. The second kappa shape index (κ2) is 8.60. The maximum Gasteiger partial charge on any atom is 0.243 e. The molecule has 0 saturated heterocycles. The van der Waals surface area contributed by atoms with Gasteiger partial charge in [0.2, 0.25) is 5.91 Å². The number of aryl methyl sites for hydroxylation is 1. The van der Waals surface area contributed by atoms with Gasteiger partial charge >= 0.3 is 0 Å². The Morgan fingerprint density at radius 1 is 1.17 bits per heavy atom. The van der Waals surface area contributed by atoms with E-state index in [2.05, 4.69) is 17.6 Å². The first-order valence-corrected chi connectivity index (χ1v) is 8.42. The summed E-state index contributed by atoms with van der Waals surface area (Å²) in [6.45, 7) is 6.21. The van der Waals surface area contributed by atoms with E-state index in [0.717, 1.165) is 29.1 Å². The smallest absolute Gasteiger partial charge is 0.243 e. The number of anilines is 2. The van der Waals surface area contributed by atoms with Crippen LogP contribution in [-0.2, 0) is 4.79 Å². The zero-order valence-electron chi connectivity index (χ0n) is 14.2. The molecule has 1 atom stereocenters. The van der Waals surface area contributed by atoms with Crippen molar-refractivity contribution in [2.75, 3.05) is 17.2 Å². The maximum absolute atomic E-state index is 12.0. The third-order valence-electron chi connectivity index (χ3n) is 3.68. The highest BCUT2D eigenvalue weighted by Gasteiger charge is 2.05. The zero-order chi connectivity index (χ0) is 17.5. The molecule has 2 aromatic carbocycles. The zero-order valence-corrected chi connectivity index (χ0v) is 15.0. The Morgan fingerprint density at radius 2 is 1.83 bits per heavy atom. The van der Waals surface area contributed by atoms with Crippen LogP contribution in [0.25, 0.3) is 0 Å². The number of hydrogen-bond acceptors (Lipinski definition) is 3. The highest BCUT2D eigenvalue weighted by Crippen LogP contribution is 2.20. The lowest BCUT2D eigenvalue weighted by molar-refractivity contribution is -0.114. The van der Waals surface area contributed by atoms with Crippen LogP contribution < -0.4 is 15.4 Å². The van der Waals surface area contributed by atoms with Crippen molar-refractivity contribution in [1.29, 1.82) is 0 Å². The van der Waals surface area contributed by atoms with Gasteiger partial charge in [-0.25, -0.2) is 0 Å². The number of benzene rings is 2. The van der Waals surface area contributed by atoms with Crippen LogP contribution in [0.15, 0.2) is 42.5 Å². The Labute approximate surface area is 148 Å². The van der Waals surface area contributed by atoms with Gasteiger partial charge in [-0.1, -0.05) is 24.6 Å². The lowest BCUT2D eigenvalue weighted by Gasteiger charge is -2.13. The monoisotopic (exact) mass is 346 g/mol. The molecule has 4 nitrogen and oxygen atoms in total. The van der Waals surface area contributed by atoms with Crippen LogP contribution >= 0.6 is 11.6 Å². The Bertz CT molecular complexity index is 686. The summed E-state index contributed by atoms with van der Waals surface area (Å²) in [5.74, 6) is 0.678. The summed E-state index contributed by atoms with van der Waals surface area (Å²) in [5, 5.41) is 6.58.